The predicted octanol–water partition coefficient (Wildman–Crippen LogP) is 6.76. The van der Waals surface area contributed by atoms with Crippen LogP contribution < -0.4 is 0 Å². The summed E-state index contributed by atoms with van der Waals surface area (Å²) in [4.78, 5) is 57.9. The molecule has 0 bridgehead atoms. The van der Waals surface area contributed by atoms with Gasteiger partial charge in [-0.3, -0.25) is 24.1 Å². The minimum absolute atomic E-state index is 0.0462. The van der Waals surface area contributed by atoms with E-state index in [0.29, 0.717) is 51.8 Å². The zero-order valence-electron chi connectivity index (χ0n) is 25.1. The first-order chi connectivity index (χ1) is 20.1. The predicted molar refractivity (Wildman–Crippen MR) is 184 cm³/mol. The third kappa shape index (κ3) is 9.15. The Balaban J connectivity index is 1.29. The van der Waals surface area contributed by atoms with Crippen molar-refractivity contribution in [1.82, 2.24) is 14.7 Å². The molecule has 1 unspecified atom stereocenters. The molecule has 42 heavy (non-hydrogen) atoms. The van der Waals surface area contributed by atoms with Crippen molar-refractivity contribution in [2.75, 3.05) is 31.3 Å². The minimum Gasteiger partial charge on any atom is -0.329 e. The van der Waals surface area contributed by atoms with E-state index < -0.39 is 0 Å². The number of carbonyl (C=O) groups excluding carboxylic acids is 4. The van der Waals surface area contributed by atoms with Gasteiger partial charge in [0.05, 0.1) is 26.8 Å². The molecule has 3 heterocycles. The van der Waals surface area contributed by atoms with E-state index in [0.717, 1.165) is 67.4 Å². The smallest absolute Gasteiger partial charge is 0.267 e. The first kappa shape index (κ1) is 35.3. The van der Waals surface area contributed by atoms with E-state index in [-0.39, 0.29) is 28.9 Å². The number of likely N-dealkylation sites (tertiary alicyclic amines) is 1. The summed E-state index contributed by atoms with van der Waals surface area (Å²) in [7, 11) is 0. The van der Waals surface area contributed by atoms with Gasteiger partial charge in [0.25, 0.3) is 17.7 Å². The molecular formula is C30H43N3O4S5. The zero-order valence-corrected chi connectivity index (χ0v) is 29.3. The normalized spacial score (nSPS) is 22.8. The molecule has 0 spiro atoms. The molecule has 3 aliphatic heterocycles. The first-order valence-electron chi connectivity index (χ1n) is 14.8. The number of ketones is 1. The van der Waals surface area contributed by atoms with Crippen molar-refractivity contribution in [2.45, 2.75) is 90.9 Å². The maximum Gasteiger partial charge on any atom is 0.267 e. The average molecular weight is 670 g/mol. The van der Waals surface area contributed by atoms with E-state index in [1.54, 1.807) is 4.90 Å². The molecule has 0 N–H and O–H groups in total. The Kier molecular flexibility index (Phi) is 14.5. The number of likely N-dealkylation sites (N-methyl/N-ethyl adjacent to an activating group) is 1. The zero-order chi connectivity index (χ0) is 30.8. The molecule has 12 heteroatoms. The standard InChI is InChI=1S/C30H43N3O4S5/c1-5-14-20(3)23(34)18-40-21(4)22-17-24(38)33(27(22)35)16-13-11-9-7-8-10-12-15-31-19-41-25(28(31)36)26-29(37)32(6-2)30(39)42-26/h14,24,38H,5-13,15-19H2,1-4H3. The van der Waals surface area contributed by atoms with Gasteiger partial charge < -0.3 is 9.80 Å². The van der Waals surface area contributed by atoms with Gasteiger partial charge in [0.1, 0.15) is 4.32 Å². The van der Waals surface area contributed by atoms with E-state index in [4.69, 9.17) is 12.2 Å². The van der Waals surface area contributed by atoms with Gasteiger partial charge in [0.2, 0.25) is 0 Å². The van der Waals surface area contributed by atoms with Gasteiger partial charge in [-0.15, -0.1) is 11.8 Å². The molecule has 0 aromatic heterocycles. The Bertz CT molecular complexity index is 1170. The van der Waals surface area contributed by atoms with Crippen molar-refractivity contribution < 1.29 is 19.2 Å². The van der Waals surface area contributed by atoms with E-state index >= 15 is 0 Å². The number of unbranched alkanes of at least 4 members (excludes halogenated alkanes) is 6. The number of hydrogen-bond donors (Lipinski definition) is 1. The highest BCUT2D eigenvalue weighted by Crippen LogP contribution is 2.41. The summed E-state index contributed by atoms with van der Waals surface area (Å²) >= 11 is 14.1. The second-order valence-corrected chi connectivity index (χ2v) is 15.0. The van der Waals surface area contributed by atoms with Crippen LogP contribution >= 0.6 is 60.1 Å². The van der Waals surface area contributed by atoms with Crippen LogP contribution in [0.1, 0.15) is 85.5 Å². The van der Waals surface area contributed by atoms with Crippen LogP contribution in [-0.2, 0) is 19.2 Å². The number of nitrogens with zero attached hydrogens (tertiary/aromatic N) is 3. The minimum atomic E-state index is -0.144. The van der Waals surface area contributed by atoms with Crippen molar-refractivity contribution in [2.24, 2.45) is 0 Å². The highest BCUT2D eigenvalue weighted by molar-refractivity contribution is 8.27. The molecule has 0 aromatic carbocycles. The van der Waals surface area contributed by atoms with E-state index in [9.17, 15) is 19.2 Å². The maximum absolute atomic E-state index is 13.0. The van der Waals surface area contributed by atoms with Gasteiger partial charge in [-0.25, -0.2) is 0 Å². The summed E-state index contributed by atoms with van der Waals surface area (Å²) in [6, 6.07) is 0. The summed E-state index contributed by atoms with van der Waals surface area (Å²) in [5.41, 5.74) is 1.58. The molecule has 1 atom stereocenters. The fourth-order valence-corrected chi connectivity index (χ4v) is 9.00. The molecule has 0 aromatic rings. The molecule has 232 valence electrons. The number of allylic oxidation sites excluding steroid dienone is 3. The molecule has 3 aliphatic rings. The summed E-state index contributed by atoms with van der Waals surface area (Å²) in [5, 5.41) is -0.101. The lowest BCUT2D eigenvalue weighted by molar-refractivity contribution is -0.126. The highest BCUT2D eigenvalue weighted by Gasteiger charge is 2.39. The Labute approximate surface area is 274 Å². The Morgan fingerprint density at radius 3 is 2.24 bits per heavy atom. The van der Waals surface area contributed by atoms with Crippen molar-refractivity contribution >= 4 is 88.0 Å². The molecule has 0 radical (unpaired) electrons. The Morgan fingerprint density at radius 2 is 1.62 bits per heavy atom. The van der Waals surface area contributed by atoms with Crippen LogP contribution in [0, 0.1) is 0 Å². The number of amides is 3. The highest BCUT2D eigenvalue weighted by atomic mass is 32.2. The molecule has 3 rings (SSSR count). The Morgan fingerprint density at radius 1 is 0.976 bits per heavy atom. The van der Waals surface area contributed by atoms with E-state index in [2.05, 4.69) is 12.6 Å². The molecule has 3 fully saturated rings. The lowest BCUT2D eigenvalue weighted by Crippen LogP contribution is -2.31. The summed E-state index contributed by atoms with van der Waals surface area (Å²) < 4.78 is 0.528. The molecule has 7 nitrogen and oxygen atoms in total. The van der Waals surface area contributed by atoms with Crippen molar-refractivity contribution in [3.8, 4) is 0 Å². The van der Waals surface area contributed by atoms with Crippen molar-refractivity contribution in [3.63, 3.8) is 0 Å². The van der Waals surface area contributed by atoms with Crippen molar-refractivity contribution in [1.29, 1.82) is 0 Å². The second-order valence-electron chi connectivity index (χ2n) is 10.6. The van der Waals surface area contributed by atoms with Crippen LogP contribution in [0.15, 0.2) is 31.9 Å². The number of thiocarbonyl (C=S) groups is 1. The molecule has 3 amide bonds. The van der Waals surface area contributed by atoms with E-state index in [1.807, 2.05) is 43.6 Å². The molecule has 0 saturated carbocycles. The lowest BCUT2D eigenvalue weighted by Gasteiger charge is -2.20. The summed E-state index contributed by atoms with van der Waals surface area (Å²) in [5.74, 6) is 0.940. The van der Waals surface area contributed by atoms with Crippen LogP contribution in [-0.4, -0.2) is 79.2 Å². The van der Waals surface area contributed by atoms with Gasteiger partial charge in [-0.2, -0.15) is 12.6 Å². The largest absolute Gasteiger partial charge is 0.329 e. The number of Topliss-reactive ketones (excluding diaryl/α,β-unsaturated/α-hetero) is 1. The van der Waals surface area contributed by atoms with E-state index in [1.165, 1.54) is 35.3 Å². The quantitative estimate of drug-likeness (QED) is 0.0836. The third-order valence-corrected chi connectivity index (χ3v) is 11.8. The maximum atomic E-state index is 13.0. The topological polar surface area (TPSA) is 78.0 Å². The van der Waals surface area contributed by atoms with Gasteiger partial charge in [0.15, 0.2) is 5.78 Å². The monoisotopic (exact) mass is 669 g/mol. The number of rotatable bonds is 16. The lowest BCUT2D eigenvalue weighted by atomic mass is 10.1. The van der Waals surface area contributed by atoms with Gasteiger partial charge >= 0.3 is 0 Å². The van der Waals surface area contributed by atoms with Crippen LogP contribution in [0.2, 0.25) is 0 Å². The fraction of sp³-hybridized carbons (Fsp3) is 0.633. The van der Waals surface area contributed by atoms with Gasteiger partial charge in [0, 0.05) is 31.6 Å². The SMILES string of the molecule is CCC=C(C)C(=O)CSC(C)=C1CC(S)N(CCCCCCCCCN2CSC(=C3SC(=S)N(CC)C3=O)C2=O)C1=O. The fourth-order valence-electron chi connectivity index (χ4n) is 5.04. The molecule has 3 saturated heterocycles. The van der Waals surface area contributed by atoms with Crippen LogP contribution in [0.4, 0.5) is 0 Å². The number of thioether (sulfide) groups is 3. The Hall–Kier alpha value is -1.21. The van der Waals surface area contributed by atoms with Gasteiger partial charge in [-0.1, -0.05) is 80.8 Å². The van der Waals surface area contributed by atoms with Crippen molar-refractivity contribution in [3.05, 3.63) is 31.9 Å². The number of carbonyl (C=O) groups is 4. The number of hydrogen-bond acceptors (Lipinski definition) is 9. The van der Waals surface area contributed by atoms with Crippen LogP contribution in [0.5, 0.6) is 0 Å². The average Bonchev–Trinajstić information content (AvgIpc) is 3.57. The van der Waals surface area contributed by atoms with Gasteiger partial charge in [-0.05, 0) is 50.5 Å². The molecule has 0 aliphatic carbocycles. The number of thiol groups is 1. The van der Waals surface area contributed by atoms with Crippen LogP contribution in [0.3, 0.4) is 0 Å². The summed E-state index contributed by atoms with van der Waals surface area (Å²) in [6.45, 7) is 9.63. The van der Waals surface area contributed by atoms with Crippen LogP contribution in [0.25, 0.3) is 0 Å². The second kappa shape index (κ2) is 17.3. The third-order valence-electron chi connectivity index (χ3n) is 7.61. The molecular weight excluding hydrogens is 627 g/mol. The summed E-state index contributed by atoms with van der Waals surface area (Å²) in [6.07, 6.45) is 10.8. The first-order valence-corrected chi connectivity index (χ1v) is 18.5.